The van der Waals surface area contributed by atoms with Crippen LogP contribution in [0.1, 0.15) is 18.4 Å². The lowest BCUT2D eigenvalue weighted by atomic mass is 10.2. The van der Waals surface area contributed by atoms with Gasteiger partial charge in [-0.3, -0.25) is 4.79 Å². The predicted octanol–water partition coefficient (Wildman–Crippen LogP) is 1.63. The first-order chi connectivity index (χ1) is 15.5. The van der Waals surface area contributed by atoms with Crippen molar-refractivity contribution in [3.8, 4) is 0 Å². The van der Waals surface area contributed by atoms with Gasteiger partial charge in [-0.1, -0.05) is 12.1 Å². The highest BCUT2D eigenvalue weighted by molar-refractivity contribution is 7.89. The highest BCUT2D eigenvalue weighted by Gasteiger charge is 2.30. The van der Waals surface area contributed by atoms with Gasteiger partial charge in [-0.2, -0.15) is 4.31 Å². The Bertz CT molecular complexity index is 1190. The van der Waals surface area contributed by atoms with Crippen LogP contribution in [0.3, 0.4) is 0 Å². The Hall–Kier alpha value is -2.31. The molecule has 0 saturated heterocycles. The molecule has 3 rings (SSSR count). The first-order valence-corrected chi connectivity index (χ1v) is 13.5. The molecule has 33 heavy (non-hydrogen) atoms. The maximum Gasteiger partial charge on any atom is 0.243 e. The van der Waals surface area contributed by atoms with Crippen molar-refractivity contribution in [1.82, 2.24) is 13.9 Å². The molecular weight excluding hydrogens is 464 g/mol. The molecule has 0 unspecified atom stereocenters. The summed E-state index contributed by atoms with van der Waals surface area (Å²) in [5, 5.41) is 2.73. The molecule has 9 nitrogen and oxygen atoms in total. The number of rotatable bonds is 11. The molecule has 1 aliphatic carbocycles. The average molecular weight is 495 g/mol. The van der Waals surface area contributed by atoms with Crippen LogP contribution in [0.2, 0.25) is 0 Å². The molecule has 2 N–H and O–H groups in total. The molecule has 0 aliphatic heterocycles. The summed E-state index contributed by atoms with van der Waals surface area (Å²) in [7, 11) is -4.10. The molecule has 1 amide bonds. The first-order valence-electron chi connectivity index (χ1n) is 10.6. The van der Waals surface area contributed by atoms with Gasteiger partial charge in [0.2, 0.25) is 26.0 Å². The van der Waals surface area contributed by atoms with E-state index in [-0.39, 0.29) is 28.9 Å². The van der Waals surface area contributed by atoms with Gasteiger partial charge in [-0.05, 0) is 75.8 Å². The lowest BCUT2D eigenvalue weighted by Gasteiger charge is -2.23. The summed E-state index contributed by atoms with van der Waals surface area (Å²) in [4.78, 5) is 14.4. The smallest absolute Gasteiger partial charge is 0.243 e. The largest absolute Gasteiger partial charge is 0.325 e. The van der Waals surface area contributed by atoms with Crippen molar-refractivity contribution in [1.29, 1.82) is 0 Å². The number of anilines is 1. The Balaban J connectivity index is 1.78. The van der Waals surface area contributed by atoms with Crippen molar-refractivity contribution in [2.75, 3.05) is 39.0 Å². The second-order valence-corrected chi connectivity index (χ2v) is 12.1. The SMILES string of the molecule is Cc1cccc(NC(=O)CN(CCN(C)C)S(=O)(=O)c2ccc(S(=O)(=O)NC3CC3)cc2)c1. The van der Waals surface area contributed by atoms with Crippen LogP contribution in [0.25, 0.3) is 0 Å². The zero-order valence-corrected chi connectivity index (χ0v) is 20.6. The van der Waals surface area contributed by atoms with Crippen LogP contribution < -0.4 is 10.0 Å². The molecule has 2 aromatic rings. The number of benzene rings is 2. The normalized spacial score (nSPS) is 14.6. The summed E-state index contributed by atoms with van der Waals surface area (Å²) < 4.78 is 55.0. The van der Waals surface area contributed by atoms with E-state index < -0.39 is 26.0 Å². The van der Waals surface area contributed by atoms with E-state index in [1.165, 1.54) is 24.3 Å². The molecule has 0 aromatic heterocycles. The van der Waals surface area contributed by atoms with E-state index in [2.05, 4.69) is 10.0 Å². The minimum atomic E-state index is -4.03. The number of nitrogens with one attached hydrogen (secondary N) is 2. The van der Waals surface area contributed by atoms with Gasteiger partial charge in [0.25, 0.3) is 0 Å². The van der Waals surface area contributed by atoms with Crippen LogP contribution in [-0.4, -0.2) is 71.7 Å². The Morgan fingerprint density at radius 3 is 2.18 bits per heavy atom. The van der Waals surface area contributed by atoms with Crippen molar-refractivity contribution in [3.05, 3.63) is 54.1 Å². The predicted molar refractivity (Wildman–Crippen MR) is 127 cm³/mol. The molecule has 1 saturated carbocycles. The molecule has 0 atom stereocenters. The first kappa shape index (κ1) is 25.3. The maximum absolute atomic E-state index is 13.3. The fourth-order valence-electron chi connectivity index (χ4n) is 3.11. The van der Waals surface area contributed by atoms with E-state index >= 15 is 0 Å². The van der Waals surface area contributed by atoms with Crippen LogP contribution in [0.4, 0.5) is 5.69 Å². The van der Waals surface area contributed by atoms with Crippen molar-refractivity contribution in [3.63, 3.8) is 0 Å². The summed E-state index contributed by atoms with van der Waals surface area (Å²) in [5.74, 6) is -0.462. The summed E-state index contributed by atoms with van der Waals surface area (Å²) in [6.07, 6.45) is 1.61. The van der Waals surface area contributed by atoms with E-state index in [1.807, 2.05) is 32.0 Å². The van der Waals surface area contributed by atoms with Gasteiger partial charge in [0.05, 0.1) is 16.3 Å². The number of aryl methyl sites for hydroxylation is 1. The van der Waals surface area contributed by atoms with Crippen LogP contribution >= 0.6 is 0 Å². The Morgan fingerprint density at radius 1 is 0.970 bits per heavy atom. The lowest BCUT2D eigenvalue weighted by molar-refractivity contribution is -0.116. The molecule has 1 fully saturated rings. The summed E-state index contributed by atoms with van der Waals surface area (Å²) in [6, 6.07) is 12.3. The third-order valence-electron chi connectivity index (χ3n) is 5.09. The van der Waals surface area contributed by atoms with E-state index in [1.54, 1.807) is 18.2 Å². The number of likely N-dealkylation sites (N-methyl/N-ethyl adjacent to an activating group) is 1. The van der Waals surface area contributed by atoms with Crippen molar-refractivity contribution in [2.45, 2.75) is 35.6 Å². The van der Waals surface area contributed by atoms with Gasteiger partial charge < -0.3 is 10.2 Å². The molecule has 0 bridgehead atoms. The molecule has 0 spiro atoms. The quantitative estimate of drug-likeness (QED) is 0.491. The van der Waals surface area contributed by atoms with Crippen LogP contribution in [-0.2, 0) is 24.8 Å². The highest BCUT2D eigenvalue weighted by Crippen LogP contribution is 2.23. The molecule has 2 aromatic carbocycles. The van der Waals surface area contributed by atoms with E-state index in [0.717, 1.165) is 22.7 Å². The minimum Gasteiger partial charge on any atom is -0.325 e. The number of carbonyl (C=O) groups is 1. The molecule has 1 aliphatic rings. The molecule has 0 heterocycles. The fraction of sp³-hybridized carbons (Fsp3) is 0.409. The molecule has 0 radical (unpaired) electrons. The summed E-state index contributed by atoms with van der Waals surface area (Å²) >= 11 is 0. The second kappa shape index (κ2) is 10.3. The van der Waals surface area contributed by atoms with Gasteiger partial charge in [-0.15, -0.1) is 0 Å². The average Bonchev–Trinajstić information content (AvgIpc) is 3.54. The van der Waals surface area contributed by atoms with Gasteiger partial charge in [0.15, 0.2) is 0 Å². The Morgan fingerprint density at radius 2 is 1.61 bits per heavy atom. The minimum absolute atomic E-state index is 0.00498. The van der Waals surface area contributed by atoms with Crippen LogP contribution in [0.5, 0.6) is 0 Å². The van der Waals surface area contributed by atoms with Crippen molar-refractivity contribution in [2.24, 2.45) is 0 Å². The third kappa shape index (κ3) is 7.08. The van der Waals surface area contributed by atoms with Gasteiger partial charge in [0, 0.05) is 24.8 Å². The van der Waals surface area contributed by atoms with Crippen LogP contribution in [0, 0.1) is 6.92 Å². The lowest BCUT2D eigenvalue weighted by Crippen LogP contribution is -2.41. The fourth-order valence-corrected chi connectivity index (χ4v) is 5.80. The number of hydrogen-bond acceptors (Lipinski definition) is 6. The van der Waals surface area contributed by atoms with E-state index in [4.69, 9.17) is 0 Å². The number of nitrogens with zero attached hydrogens (tertiary/aromatic N) is 2. The van der Waals surface area contributed by atoms with E-state index in [9.17, 15) is 21.6 Å². The number of carbonyl (C=O) groups excluding carboxylic acids is 1. The Kier molecular flexibility index (Phi) is 7.91. The molecule has 180 valence electrons. The summed E-state index contributed by atoms with van der Waals surface area (Å²) in [5.41, 5.74) is 1.55. The standard InChI is InChI=1S/C22H30N4O5S2/c1-17-5-4-6-19(15-17)23-22(27)16-26(14-13-25(2)3)33(30,31)21-11-9-20(10-12-21)32(28,29)24-18-7-8-18/h4-6,9-12,15,18,24H,7-8,13-14,16H2,1-3H3,(H,23,27). The van der Waals surface area contributed by atoms with Crippen LogP contribution in [0.15, 0.2) is 58.3 Å². The number of hydrogen-bond donors (Lipinski definition) is 2. The monoisotopic (exact) mass is 494 g/mol. The third-order valence-corrected chi connectivity index (χ3v) is 8.49. The van der Waals surface area contributed by atoms with Gasteiger partial charge >= 0.3 is 0 Å². The van der Waals surface area contributed by atoms with Gasteiger partial charge in [0.1, 0.15) is 0 Å². The Labute approximate surface area is 195 Å². The van der Waals surface area contributed by atoms with Gasteiger partial charge in [-0.25, -0.2) is 21.6 Å². The maximum atomic E-state index is 13.3. The topological polar surface area (TPSA) is 116 Å². The number of amides is 1. The second-order valence-electron chi connectivity index (χ2n) is 8.43. The zero-order valence-electron chi connectivity index (χ0n) is 19.0. The van der Waals surface area contributed by atoms with Crippen molar-refractivity contribution >= 4 is 31.6 Å². The summed E-state index contributed by atoms with van der Waals surface area (Å²) in [6.45, 7) is 2.04. The highest BCUT2D eigenvalue weighted by atomic mass is 32.2. The molecular formula is C22H30N4O5S2. The van der Waals surface area contributed by atoms with E-state index in [0.29, 0.717) is 12.2 Å². The van der Waals surface area contributed by atoms with Crippen molar-refractivity contribution < 1.29 is 21.6 Å². The molecule has 11 heteroatoms. The number of sulfonamides is 2. The zero-order chi connectivity index (χ0) is 24.2.